The van der Waals surface area contributed by atoms with Crippen LogP contribution in [0.5, 0.6) is 5.75 Å². The van der Waals surface area contributed by atoms with E-state index in [1.807, 2.05) is 25.3 Å². The number of nitrogens with zero attached hydrogens (tertiary/aromatic N) is 3. The van der Waals surface area contributed by atoms with Gasteiger partial charge in [0, 0.05) is 49.2 Å². The van der Waals surface area contributed by atoms with Crippen molar-refractivity contribution in [3.05, 3.63) is 36.2 Å². The second-order valence-electron chi connectivity index (χ2n) is 6.10. The van der Waals surface area contributed by atoms with Gasteiger partial charge in [-0.05, 0) is 25.1 Å². The van der Waals surface area contributed by atoms with Crippen LogP contribution in [0, 0.1) is 6.92 Å². The average molecular weight is 311 g/mol. The minimum atomic E-state index is 0.304. The molecule has 0 atom stereocenters. The molecule has 0 spiro atoms. The van der Waals surface area contributed by atoms with Crippen molar-refractivity contribution < 1.29 is 9.84 Å². The third-order valence-corrected chi connectivity index (χ3v) is 4.68. The summed E-state index contributed by atoms with van der Waals surface area (Å²) >= 11 is 0. The fourth-order valence-corrected chi connectivity index (χ4v) is 3.51. The summed E-state index contributed by atoms with van der Waals surface area (Å²) in [5.41, 5.74) is 3.27. The van der Waals surface area contributed by atoms with Crippen molar-refractivity contribution in [2.45, 2.75) is 13.5 Å². The van der Waals surface area contributed by atoms with Gasteiger partial charge in [0.15, 0.2) is 0 Å². The van der Waals surface area contributed by atoms with Crippen LogP contribution < -0.4 is 0 Å². The largest absolute Gasteiger partial charge is 0.508 e. The average Bonchev–Trinajstić information content (AvgIpc) is 2.88. The molecule has 23 heavy (non-hydrogen) atoms. The number of aromatic nitrogens is 2. The number of rotatable bonds is 3. The van der Waals surface area contributed by atoms with Crippen LogP contribution in [0.2, 0.25) is 0 Å². The second kappa shape index (κ2) is 5.83. The normalized spacial score (nSPS) is 16.4. The van der Waals surface area contributed by atoms with E-state index in [9.17, 15) is 5.11 Å². The van der Waals surface area contributed by atoms with Gasteiger partial charge in [0.2, 0.25) is 0 Å². The number of pyridine rings is 1. The summed E-state index contributed by atoms with van der Waals surface area (Å²) in [6.07, 6.45) is 1.86. The van der Waals surface area contributed by atoms with E-state index in [0.29, 0.717) is 5.75 Å². The van der Waals surface area contributed by atoms with Crippen molar-refractivity contribution in [3.8, 4) is 5.75 Å². The maximum Gasteiger partial charge on any atom is 0.117 e. The van der Waals surface area contributed by atoms with E-state index in [4.69, 9.17) is 4.74 Å². The van der Waals surface area contributed by atoms with E-state index in [1.165, 1.54) is 16.3 Å². The fraction of sp³-hybridized carbons (Fsp3) is 0.389. The van der Waals surface area contributed by atoms with Crippen LogP contribution in [0.25, 0.3) is 21.8 Å². The Morgan fingerprint density at radius 2 is 1.96 bits per heavy atom. The van der Waals surface area contributed by atoms with Gasteiger partial charge in [-0.1, -0.05) is 0 Å². The SMILES string of the molecule is Cc1nccc2c3ccc(O)cc3n(CCN3CCOCC3)c12. The summed E-state index contributed by atoms with van der Waals surface area (Å²) in [6.45, 7) is 7.51. The number of phenols is 1. The number of morpholine rings is 1. The lowest BCUT2D eigenvalue weighted by Crippen LogP contribution is -2.38. The van der Waals surface area contributed by atoms with E-state index in [0.717, 1.165) is 50.6 Å². The molecule has 0 radical (unpaired) electrons. The number of fused-ring (bicyclic) bond motifs is 3. The highest BCUT2D eigenvalue weighted by atomic mass is 16.5. The van der Waals surface area contributed by atoms with Crippen LogP contribution in [0.1, 0.15) is 5.69 Å². The molecule has 1 saturated heterocycles. The maximum absolute atomic E-state index is 9.91. The van der Waals surface area contributed by atoms with Crippen molar-refractivity contribution in [1.29, 1.82) is 0 Å². The molecule has 1 fully saturated rings. The number of aromatic hydroxyl groups is 1. The Labute approximate surface area is 135 Å². The predicted octanol–water partition coefficient (Wildman–Crippen LogP) is 2.54. The van der Waals surface area contributed by atoms with Gasteiger partial charge in [-0.15, -0.1) is 0 Å². The van der Waals surface area contributed by atoms with E-state index in [-0.39, 0.29) is 0 Å². The first kappa shape index (κ1) is 14.5. The Bertz CT molecular complexity index is 850. The van der Waals surface area contributed by atoms with Gasteiger partial charge in [-0.25, -0.2) is 0 Å². The highest BCUT2D eigenvalue weighted by Gasteiger charge is 2.15. The van der Waals surface area contributed by atoms with Gasteiger partial charge in [-0.3, -0.25) is 9.88 Å². The van der Waals surface area contributed by atoms with Crippen LogP contribution in [-0.2, 0) is 11.3 Å². The lowest BCUT2D eigenvalue weighted by molar-refractivity contribution is 0.0366. The topological polar surface area (TPSA) is 50.5 Å². The summed E-state index contributed by atoms with van der Waals surface area (Å²) in [5.74, 6) is 0.304. The zero-order chi connectivity index (χ0) is 15.8. The molecule has 0 saturated carbocycles. The third-order valence-electron chi connectivity index (χ3n) is 4.68. The van der Waals surface area contributed by atoms with Gasteiger partial charge in [0.25, 0.3) is 0 Å². The molecule has 3 aromatic rings. The molecule has 1 N–H and O–H groups in total. The molecule has 0 amide bonds. The van der Waals surface area contributed by atoms with Crippen LogP contribution in [-0.4, -0.2) is 52.4 Å². The molecule has 1 aliphatic rings. The van der Waals surface area contributed by atoms with Gasteiger partial charge in [0.1, 0.15) is 5.75 Å². The Balaban J connectivity index is 1.79. The first-order valence-electron chi connectivity index (χ1n) is 8.10. The molecular weight excluding hydrogens is 290 g/mol. The Hall–Kier alpha value is -2.11. The summed E-state index contributed by atoms with van der Waals surface area (Å²) in [7, 11) is 0. The number of hydrogen-bond acceptors (Lipinski definition) is 4. The van der Waals surface area contributed by atoms with Crippen LogP contribution in [0.3, 0.4) is 0 Å². The molecule has 0 aliphatic carbocycles. The van der Waals surface area contributed by atoms with Crippen LogP contribution >= 0.6 is 0 Å². The van der Waals surface area contributed by atoms with E-state index < -0.39 is 0 Å². The Kier molecular flexibility index (Phi) is 3.67. The number of aryl methyl sites for hydroxylation is 1. The van der Waals surface area contributed by atoms with Gasteiger partial charge in [-0.2, -0.15) is 0 Å². The fourth-order valence-electron chi connectivity index (χ4n) is 3.51. The number of hydrogen-bond donors (Lipinski definition) is 1. The van der Waals surface area contributed by atoms with Crippen LogP contribution in [0.15, 0.2) is 30.5 Å². The summed E-state index contributed by atoms with van der Waals surface area (Å²) in [5, 5.41) is 12.3. The van der Waals surface area contributed by atoms with E-state index >= 15 is 0 Å². The lowest BCUT2D eigenvalue weighted by Gasteiger charge is -2.27. The molecule has 2 aromatic heterocycles. The third kappa shape index (κ3) is 2.56. The molecule has 5 heteroatoms. The first-order chi connectivity index (χ1) is 11.2. The van der Waals surface area contributed by atoms with E-state index in [2.05, 4.69) is 20.5 Å². The molecule has 1 aliphatic heterocycles. The zero-order valence-electron chi connectivity index (χ0n) is 13.3. The number of ether oxygens (including phenoxy) is 1. The van der Waals surface area contributed by atoms with Gasteiger partial charge < -0.3 is 14.4 Å². The molecule has 5 nitrogen and oxygen atoms in total. The quantitative estimate of drug-likeness (QED) is 0.807. The van der Waals surface area contributed by atoms with Crippen molar-refractivity contribution in [2.75, 3.05) is 32.8 Å². The predicted molar refractivity (Wildman–Crippen MR) is 90.9 cm³/mol. The molecule has 0 unspecified atom stereocenters. The zero-order valence-corrected chi connectivity index (χ0v) is 13.3. The van der Waals surface area contributed by atoms with Gasteiger partial charge >= 0.3 is 0 Å². The van der Waals surface area contributed by atoms with Gasteiger partial charge in [0.05, 0.1) is 29.9 Å². The molecule has 3 heterocycles. The Morgan fingerprint density at radius 1 is 1.13 bits per heavy atom. The monoisotopic (exact) mass is 311 g/mol. The standard InChI is InChI=1S/C18H21N3O2/c1-13-18-16(4-5-19-13)15-3-2-14(22)12-17(15)21(18)7-6-20-8-10-23-11-9-20/h2-5,12,22H,6-11H2,1H3. The molecule has 4 rings (SSSR count). The minimum absolute atomic E-state index is 0.304. The highest BCUT2D eigenvalue weighted by molar-refractivity contribution is 6.08. The first-order valence-corrected chi connectivity index (χ1v) is 8.10. The van der Waals surface area contributed by atoms with Crippen molar-refractivity contribution in [1.82, 2.24) is 14.5 Å². The summed E-state index contributed by atoms with van der Waals surface area (Å²) in [6, 6.07) is 7.67. The maximum atomic E-state index is 9.91. The second-order valence-corrected chi connectivity index (χ2v) is 6.10. The smallest absolute Gasteiger partial charge is 0.117 e. The summed E-state index contributed by atoms with van der Waals surface area (Å²) < 4.78 is 7.71. The van der Waals surface area contributed by atoms with Crippen molar-refractivity contribution in [2.24, 2.45) is 0 Å². The summed E-state index contributed by atoms with van der Waals surface area (Å²) in [4.78, 5) is 6.89. The van der Waals surface area contributed by atoms with Crippen molar-refractivity contribution in [3.63, 3.8) is 0 Å². The molecule has 1 aromatic carbocycles. The molecular formula is C18H21N3O2. The molecule has 0 bridgehead atoms. The van der Waals surface area contributed by atoms with Crippen LogP contribution in [0.4, 0.5) is 0 Å². The number of phenolic OH excluding ortho intramolecular Hbond substituents is 1. The lowest BCUT2D eigenvalue weighted by atomic mass is 10.1. The van der Waals surface area contributed by atoms with E-state index in [1.54, 1.807) is 6.07 Å². The number of benzene rings is 1. The van der Waals surface area contributed by atoms with Crippen molar-refractivity contribution >= 4 is 21.8 Å². The Morgan fingerprint density at radius 3 is 2.78 bits per heavy atom. The molecule has 120 valence electrons. The minimum Gasteiger partial charge on any atom is -0.508 e. The highest BCUT2D eigenvalue weighted by Crippen LogP contribution is 2.32.